The fraction of sp³-hybridized carbons (Fsp3) is 0.235. The fourth-order valence-electron chi connectivity index (χ4n) is 3.77. The third kappa shape index (κ3) is 1.13. The van der Waals surface area contributed by atoms with Crippen LogP contribution in [0, 0.1) is 0 Å². The van der Waals surface area contributed by atoms with Crippen molar-refractivity contribution in [1.29, 1.82) is 0 Å². The summed E-state index contributed by atoms with van der Waals surface area (Å²) in [5.41, 5.74) is 5.33. The van der Waals surface area contributed by atoms with Crippen molar-refractivity contribution in [3.8, 4) is 0 Å². The standard InChI is InChI=1S/C17H16N2/c1-18-15-13-10-6-7-11-14(13)17(16(15)19(17)2)12-8-4-3-5-9-12/h3-11,16H,1-2H3/t16-,17-,19?/m1/s1. The van der Waals surface area contributed by atoms with E-state index in [0.29, 0.717) is 6.04 Å². The van der Waals surface area contributed by atoms with Crippen molar-refractivity contribution in [3.63, 3.8) is 0 Å². The normalized spacial score (nSPS) is 33.1. The minimum atomic E-state index is 0.0205. The Bertz CT molecular complexity index is 675. The first-order chi connectivity index (χ1) is 9.31. The molecule has 2 nitrogen and oxygen atoms in total. The first-order valence-corrected chi connectivity index (χ1v) is 6.67. The fourth-order valence-corrected chi connectivity index (χ4v) is 3.77. The summed E-state index contributed by atoms with van der Waals surface area (Å²) in [6.07, 6.45) is 0. The van der Waals surface area contributed by atoms with E-state index in [1.807, 2.05) is 7.05 Å². The van der Waals surface area contributed by atoms with E-state index in [1.54, 1.807) is 0 Å². The minimum absolute atomic E-state index is 0.0205. The summed E-state index contributed by atoms with van der Waals surface area (Å²) < 4.78 is 0. The van der Waals surface area contributed by atoms with Crippen molar-refractivity contribution in [2.75, 3.05) is 14.1 Å². The van der Waals surface area contributed by atoms with Gasteiger partial charge in [-0.1, -0.05) is 54.6 Å². The summed E-state index contributed by atoms with van der Waals surface area (Å²) in [4.78, 5) is 6.97. The van der Waals surface area contributed by atoms with Crippen LogP contribution >= 0.6 is 0 Å². The van der Waals surface area contributed by atoms with Crippen molar-refractivity contribution >= 4 is 5.71 Å². The highest BCUT2D eigenvalue weighted by Gasteiger charge is 2.69. The maximum atomic E-state index is 4.55. The number of benzene rings is 2. The van der Waals surface area contributed by atoms with Gasteiger partial charge in [-0.05, 0) is 18.2 Å². The molecule has 0 aromatic heterocycles. The third-order valence-electron chi connectivity index (χ3n) is 4.60. The van der Waals surface area contributed by atoms with Gasteiger partial charge in [0.05, 0.1) is 17.3 Å². The lowest BCUT2D eigenvalue weighted by atomic mass is 9.91. The minimum Gasteiger partial charge on any atom is -0.291 e. The van der Waals surface area contributed by atoms with Gasteiger partial charge in [-0.25, -0.2) is 0 Å². The van der Waals surface area contributed by atoms with E-state index < -0.39 is 0 Å². The SMILES string of the molecule is CN=C1c2ccccc2[C@]2(c3ccccc3)[C@@H]1N2C. The van der Waals surface area contributed by atoms with Crippen molar-refractivity contribution < 1.29 is 0 Å². The molecular formula is C17H16N2. The predicted molar refractivity (Wildman–Crippen MR) is 77.7 cm³/mol. The average Bonchev–Trinajstić information content (AvgIpc) is 2.95. The number of likely N-dealkylation sites (N-methyl/N-ethyl adjacent to an activating group) is 1. The molecule has 2 aliphatic rings. The zero-order valence-corrected chi connectivity index (χ0v) is 11.2. The van der Waals surface area contributed by atoms with Gasteiger partial charge in [-0.3, -0.25) is 9.89 Å². The zero-order valence-electron chi connectivity index (χ0n) is 11.2. The van der Waals surface area contributed by atoms with Crippen LogP contribution in [0.5, 0.6) is 0 Å². The maximum absolute atomic E-state index is 4.55. The monoisotopic (exact) mass is 248 g/mol. The highest BCUT2D eigenvalue weighted by atomic mass is 15.4. The van der Waals surface area contributed by atoms with Gasteiger partial charge >= 0.3 is 0 Å². The molecule has 3 atom stereocenters. The molecule has 1 fully saturated rings. The molecule has 0 radical (unpaired) electrons. The number of fused-ring (bicyclic) bond motifs is 3. The van der Waals surface area contributed by atoms with E-state index in [-0.39, 0.29) is 5.54 Å². The second kappa shape index (κ2) is 3.55. The van der Waals surface area contributed by atoms with Crippen molar-refractivity contribution in [1.82, 2.24) is 4.90 Å². The van der Waals surface area contributed by atoms with Crippen molar-refractivity contribution in [3.05, 3.63) is 71.3 Å². The highest BCUT2D eigenvalue weighted by Crippen LogP contribution is 2.60. The van der Waals surface area contributed by atoms with E-state index in [0.717, 1.165) is 0 Å². The topological polar surface area (TPSA) is 15.4 Å². The maximum Gasteiger partial charge on any atom is 0.0941 e. The van der Waals surface area contributed by atoms with E-state index in [1.165, 1.54) is 22.4 Å². The number of hydrogen-bond acceptors (Lipinski definition) is 2. The zero-order chi connectivity index (χ0) is 13.0. The Morgan fingerprint density at radius 1 is 1.00 bits per heavy atom. The van der Waals surface area contributed by atoms with E-state index >= 15 is 0 Å². The van der Waals surface area contributed by atoms with E-state index in [2.05, 4.69) is 71.5 Å². The van der Waals surface area contributed by atoms with Crippen LogP contribution in [0.3, 0.4) is 0 Å². The lowest BCUT2D eigenvalue weighted by molar-refractivity contribution is 0.534. The lowest BCUT2D eigenvalue weighted by Crippen LogP contribution is -2.16. The van der Waals surface area contributed by atoms with Crippen LogP contribution in [0.15, 0.2) is 59.6 Å². The molecule has 0 saturated carbocycles. The average molecular weight is 248 g/mol. The van der Waals surface area contributed by atoms with Crippen LogP contribution < -0.4 is 0 Å². The number of hydrogen-bond donors (Lipinski definition) is 0. The van der Waals surface area contributed by atoms with Gasteiger partial charge in [0.2, 0.25) is 0 Å². The van der Waals surface area contributed by atoms with Gasteiger partial charge in [0, 0.05) is 12.6 Å². The molecule has 4 rings (SSSR count). The first kappa shape index (κ1) is 10.9. The summed E-state index contributed by atoms with van der Waals surface area (Å²) in [6.45, 7) is 0. The molecule has 1 unspecified atom stereocenters. The van der Waals surface area contributed by atoms with Gasteiger partial charge in [0.15, 0.2) is 0 Å². The molecule has 1 aliphatic heterocycles. The summed E-state index contributed by atoms with van der Waals surface area (Å²) in [6, 6.07) is 19.9. The Balaban J connectivity index is 2.01. The van der Waals surface area contributed by atoms with E-state index in [4.69, 9.17) is 0 Å². The van der Waals surface area contributed by atoms with Crippen LogP contribution in [0.2, 0.25) is 0 Å². The number of nitrogens with zero attached hydrogens (tertiary/aromatic N) is 2. The Kier molecular flexibility index (Phi) is 2.04. The summed E-state index contributed by atoms with van der Waals surface area (Å²) in [5, 5.41) is 0. The molecule has 1 aliphatic carbocycles. The Labute approximate surface area is 113 Å². The molecule has 94 valence electrons. The molecule has 2 heteroatoms. The van der Waals surface area contributed by atoms with Crippen LogP contribution in [0.25, 0.3) is 0 Å². The largest absolute Gasteiger partial charge is 0.291 e. The summed E-state index contributed by atoms with van der Waals surface area (Å²) in [5.74, 6) is 0. The molecule has 0 bridgehead atoms. The molecule has 1 saturated heterocycles. The van der Waals surface area contributed by atoms with Gasteiger partial charge in [0.25, 0.3) is 0 Å². The molecular weight excluding hydrogens is 232 g/mol. The predicted octanol–water partition coefficient (Wildman–Crippen LogP) is 2.68. The molecule has 1 heterocycles. The lowest BCUT2D eigenvalue weighted by Gasteiger charge is -2.17. The van der Waals surface area contributed by atoms with Crippen LogP contribution in [0.4, 0.5) is 0 Å². The van der Waals surface area contributed by atoms with Gasteiger partial charge in [0.1, 0.15) is 0 Å². The molecule has 0 spiro atoms. The van der Waals surface area contributed by atoms with Crippen molar-refractivity contribution in [2.24, 2.45) is 4.99 Å². The number of rotatable bonds is 1. The Morgan fingerprint density at radius 3 is 2.42 bits per heavy atom. The first-order valence-electron chi connectivity index (χ1n) is 6.67. The molecule has 0 N–H and O–H groups in total. The second-order valence-corrected chi connectivity index (χ2v) is 5.30. The number of aliphatic imine (C=N–C) groups is 1. The second-order valence-electron chi connectivity index (χ2n) is 5.30. The molecule has 0 amide bonds. The van der Waals surface area contributed by atoms with Crippen LogP contribution in [0.1, 0.15) is 16.7 Å². The Hall–Kier alpha value is -1.93. The third-order valence-corrected chi connectivity index (χ3v) is 4.60. The van der Waals surface area contributed by atoms with Crippen LogP contribution in [-0.4, -0.2) is 30.7 Å². The van der Waals surface area contributed by atoms with Gasteiger partial charge < -0.3 is 0 Å². The highest BCUT2D eigenvalue weighted by molar-refractivity contribution is 6.13. The Morgan fingerprint density at radius 2 is 1.68 bits per heavy atom. The molecule has 2 aromatic carbocycles. The van der Waals surface area contributed by atoms with Gasteiger partial charge in [-0.15, -0.1) is 0 Å². The summed E-state index contributed by atoms with van der Waals surface area (Å²) >= 11 is 0. The van der Waals surface area contributed by atoms with Crippen molar-refractivity contribution in [2.45, 2.75) is 11.6 Å². The molecule has 2 aromatic rings. The smallest absolute Gasteiger partial charge is 0.0941 e. The quantitative estimate of drug-likeness (QED) is 0.708. The van der Waals surface area contributed by atoms with E-state index in [9.17, 15) is 0 Å². The summed E-state index contributed by atoms with van der Waals surface area (Å²) in [7, 11) is 4.10. The van der Waals surface area contributed by atoms with Crippen LogP contribution in [-0.2, 0) is 5.54 Å². The van der Waals surface area contributed by atoms with Gasteiger partial charge in [-0.2, -0.15) is 0 Å². The molecule has 19 heavy (non-hydrogen) atoms.